The molecule has 0 aliphatic heterocycles. The number of aromatic nitrogens is 2. The molecule has 1 aromatic heterocycles. The molecule has 0 unspecified atom stereocenters. The molecule has 1 aromatic carbocycles. The number of aryl methyl sites for hydroxylation is 1. The number of rotatable bonds is 7. The molecule has 1 N–H and O–H groups in total. The van der Waals surface area contributed by atoms with Crippen LogP contribution < -0.4 is 9.46 Å². The molecule has 1 atom stereocenters. The molecule has 6 nitrogen and oxygen atoms in total. The van der Waals surface area contributed by atoms with E-state index < -0.39 is 10.0 Å². The van der Waals surface area contributed by atoms with Gasteiger partial charge in [-0.3, -0.25) is 0 Å². The Bertz CT molecular complexity index is 712. The highest BCUT2D eigenvalue weighted by molar-refractivity contribution is 7.89. The molecule has 0 aliphatic carbocycles. The zero-order valence-electron chi connectivity index (χ0n) is 13.0. The van der Waals surface area contributed by atoms with E-state index in [0.29, 0.717) is 18.9 Å². The van der Waals surface area contributed by atoms with Crippen molar-refractivity contribution in [2.45, 2.75) is 38.3 Å². The highest BCUT2D eigenvalue weighted by atomic mass is 32.2. The Hall–Kier alpha value is -1.86. The molecular formula is C15H21N3O3S. The number of hydrogen-bond donors (Lipinski definition) is 1. The lowest BCUT2D eigenvalue weighted by molar-refractivity contribution is 0.337. The van der Waals surface area contributed by atoms with E-state index in [1.165, 1.54) is 0 Å². The average Bonchev–Trinajstić information content (AvgIpc) is 2.93. The maximum Gasteiger partial charge on any atom is 0.240 e. The predicted molar refractivity (Wildman–Crippen MR) is 84.4 cm³/mol. The highest BCUT2D eigenvalue weighted by Gasteiger charge is 2.18. The normalized spacial score (nSPS) is 13.0. The zero-order chi connectivity index (χ0) is 16.2. The molecule has 1 heterocycles. The van der Waals surface area contributed by atoms with Crippen LogP contribution in [-0.4, -0.2) is 30.6 Å². The topological polar surface area (TPSA) is 73.2 Å². The summed E-state index contributed by atoms with van der Waals surface area (Å²) in [6.45, 7) is 6.61. The van der Waals surface area contributed by atoms with Crippen molar-refractivity contribution in [1.29, 1.82) is 0 Å². The second-order valence-corrected chi connectivity index (χ2v) is 6.86. The van der Waals surface area contributed by atoms with E-state index in [1.807, 2.05) is 25.3 Å². The van der Waals surface area contributed by atoms with Crippen LogP contribution in [0.3, 0.4) is 0 Å². The Labute approximate surface area is 131 Å². The van der Waals surface area contributed by atoms with Crippen LogP contribution in [0.25, 0.3) is 0 Å². The number of nitrogens with one attached hydrogen (secondary N) is 1. The Morgan fingerprint density at radius 3 is 2.77 bits per heavy atom. The van der Waals surface area contributed by atoms with Gasteiger partial charge in [-0.15, -0.1) is 0 Å². The second-order valence-electron chi connectivity index (χ2n) is 5.14. The average molecular weight is 323 g/mol. The number of nitrogens with zero attached hydrogens (tertiary/aromatic N) is 2. The smallest absolute Gasteiger partial charge is 0.240 e. The number of imidazole rings is 1. The van der Waals surface area contributed by atoms with Gasteiger partial charge in [0, 0.05) is 25.0 Å². The van der Waals surface area contributed by atoms with Gasteiger partial charge < -0.3 is 9.30 Å². The maximum atomic E-state index is 12.4. The highest BCUT2D eigenvalue weighted by Crippen LogP contribution is 2.21. The molecule has 7 heteroatoms. The first-order chi connectivity index (χ1) is 10.4. The summed E-state index contributed by atoms with van der Waals surface area (Å²) in [5.74, 6) is 0.702. The first-order valence-electron chi connectivity index (χ1n) is 7.14. The molecule has 0 fully saturated rings. The van der Waals surface area contributed by atoms with Gasteiger partial charge in [-0.25, -0.2) is 18.1 Å². The van der Waals surface area contributed by atoms with Crippen LogP contribution in [-0.2, 0) is 16.6 Å². The van der Waals surface area contributed by atoms with Gasteiger partial charge in [0.15, 0.2) is 0 Å². The summed E-state index contributed by atoms with van der Waals surface area (Å²) >= 11 is 0. The largest absolute Gasteiger partial charge is 0.494 e. The van der Waals surface area contributed by atoms with Crippen molar-refractivity contribution >= 4 is 10.0 Å². The third-order valence-electron chi connectivity index (χ3n) is 3.16. The van der Waals surface area contributed by atoms with E-state index in [1.54, 1.807) is 36.9 Å². The van der Waals surface area contributed by atoms with Gasteiger partial charge >= 0.3 is 0 Å². The van der Waals surface area contributed by atoms with Crippen molar-refractivity contribution in [3.63, 3.8) is 0 Å². The van der Waals surface area contributed by atoms with E-state index in [4.69, 9.17) is 4.74 Å². The summed E-state index contributed by atoms with van der Waals surface area (Å²) < 4.78 is 34.8. The van der Waals surface area contributed by atoms with E-state index in [2.05, 4.69) is 9.71 Å². The van der Waals surface area contributed by atoms with Crippen LogP contribution in [0, 0.1) is 6.92 Å². The van der Waals surface area contributed by atoms with Crippen LogP contribution in [0.2, 0.25) is 0 Å². The monoisotopic (exact) mass is 323 g/mol. The summed E-state index contributed by atoms with van der Waals surface area (Å²) in [6.07, 6.45) is 5.12. The van der Waals surface area contributed by atoms with Crippen LogP contribution >= 0.6 is 0 Å². The van der Waals surface area contributed by atoms with Crippen molar-refractivity contribution in [2.75, 3.05) is 6.61 Å². The van der Waals surface area contributed by atoms with E-state index in [0.717, 1.165) is 5.56 Å². The van der Waals surface area contributed by atoms with Crippen molar-refractivity contribution in [3.05, 3.63) is 42.5 Å². The summed E-state index contributed by atoms with van der Waals surface area (Å²) in [5, 5.41) is 0. The lowest BCUT2D eigenvalue weighted by atomic mass is 10.2. The van der Waals surface area contributed by atoms with Gasteiger partial charge in [0.1, 0.15) is 5.75 Å². The third-order valence-corrected chi connectivity index (χ3v) is 4.74. The van der Waals surface area contributed by atoms with E-state index in [9.17, 15) is 8.42 Å². The molecule has 0 aliphatic rings. The predicted octanol–water partition coefficient (Wildman–Crippen LogP) is 1.96. The Balaban J connectivity index is 2.11. The van der Waals surface area contributed by atoms with Crippen LogP contribution in [0.4, 0.5) is 0 Å². The number of sulfonamides is 1. The van der Waals surface area contributed by atoms with E-state index in [-0.39, 0.29) is 10.9 Å². The van der Waals surface area contributed by atoms with Crippen molar-refractivity contribution in [3.8, 4) is 5.75 Å². The SMILES string of the molecule is CCOc1ccc(S(=O)(=O)N[C@@H](C)Cn2ccnc2)cc1C. The minimum atomic E-state index is -3.56. The van der Waals surface area contributed by atoms with Crippen LogP contribution in [0.1, 0.15) is 19.4 Å². The maximum absolute atomic E-state index is 12.4. The number of ether oxygens (including phenoxy) is 1. The fourth-order valence-corrected chi connectivity index (χ4v) is 3.51. The zero-order valence-corrected chi connectivity index (χ0v) is 13.8. The Morgan fingerprint density at radius 2 is 2.18 bits per heavy atom. The van der Waals surface area contributed by atoms with Gasteiger partial charge in [0.25, 0.3) is 0 Å². The standard InChI is InChI=1S/C15H21N3O3S/c1-4-21-15-6-5-14(9-12(15)2)22(19,20)17-13(3)10-18-8-7-16-11-18/h5-9,11,13,17H,4,10H2,1-3H3/t13-/m0/s1. The van der Waals surface area contributed by atoms with Gasteiger partial charge in [-0.1, -0.05) is 0 Å². The molecule has 0 radical (unpaired) electrons. The molecule has 0 saturated carbocycles. The van der Waals surface area contributed by atoms with Crippen molar-refractivity contribution in [1.82, 2.24) is 14.3 Å². The lowest BCUT2D eigenvalue weighted by Crippen LogP contribution is -2.35. The fourth-order valence-electron chi connectivity index (χ4n) is 2.19. The summed E-state index contributed by atoms with van der Waals surface area (Å²) in [7, 11) is -3.56. The molecule has 120 valence electrons. The Kier molecular flexibility index (Phi) is 5.20. The summed E-state index contributed by atoms with van der Waals surface area (Å²) in [4.78, 5) is 4.18. The second kappa shape index (κ2) is 6.93. The molecule has 0 amide bonds. The summed E-state index contributed by atoms with van der Waals surface area (Å²) in [6, 6.07) is 4.63. The third kappa shape index (κ3) is 4.08. The molecule has 2 rings (SSSR count). The minimum absolute atomic E-state index is 0.242. The summed E-state index contributed by atoms with van der Waals surface area (Å²) in [5.41, 5.74) is 0.798. The number of benzene rings is 1. The lowest BCUT2D eigenvalue weighted by Gasteiger charge is -2.15. The van der Waals surface area contributed by atoms with Gasteiger partial charge in [0.2, 0.25) is 10.0 Å². The van der Waals surface area contributed by atoms with Crippen molar-refractivity contribution in [2.24, 2.45) is 0 Å². The van der Waals surface area contributed by atoms with Gasteiger partial charge in [0.05, 0.1) is 17.8 Å². The van der Waals surface area contributed by atoms with Crippen LogP contribution in [0.15, 0.2) is 41.8 Å². The molecule has 0 saturated heterocycles. The molecule has 2 aromatic rings. The molecule has 0 spiro atoms. The quantitative estimate of drug-likeness (QED) is 0.845. The molecule has 0 bridgehead atoms. The first kappa shape index (κ1) is 16.5. The van der Waals surface area contributed by atoms with Crippen LogP contribution in [0.5, 0.6) is 5.75 Å². The molecular weight excluding hydrogens is 302 g/mol. The Morgan fingerprint density at radius 1 is 1.41 bits per heavy atom. The van der Waals surface area contributed by atoms with Gasteiger partial charge in [-0.05, 0) is 44.5 Å². The first-order valence-corrected chi connectivity index (χ1v) is 8.62. The van der Waals surface area contributed by atoms with E-state index >= 15 is 0 Å². The van der Waals surface area contributed by atoms with Crippen molar-refractivity contribution < 1.29 is 13.2 Å². The minimum Gasteiger partial charge on any atom is -0.494 e. The molecule has 22 heavy (non-hydrogen) atoms. The number of hydrogen-bond acceptors (Lipinski definition) is 4. The fraction of sp³-hybridized carbons (Fsp3) is 0.400. The van der Waals surface area contributed by atoms with Gasteiger partial charge in [-0.2, -0.15) is 0 Å².